The number of aromatic nitrogens is 3. The molecule has 3 rings (SSSR count). The summed E-state index contributed by atoms with van der Waals surface area (Å²) in [5.41, 5.74) is 2.94. The minimum absolute atomic E-state index is 0.175. The van der Waals surface area contributed by atoms with Gasteiger partial charge in [-0.15, -0.1) is 0 Å². The minimum Gasteiger partial charge on any atom is -0.435 e. The third-order valence-electron chi connectivity index (χ3n) is 2.73. The van der Waals surface area contributed by atoms with Crippen LogP contribution >= 0.6 is 23.2 Å². The van der Waals surface area contributed by atoms with Crippen molar-refractivity contribution in [2.75, 3.05) is 5.43 Å². The molecule has 0 radical (unpaired) electrons. The summed E-state index contributed by atoms with van der Waals surface area (Å²) in [6.45, 7) is 0. The van der Waals surface area contributed by atoms with Crippen molar-refractivity contribution in [3.8, 4) is 11.6 Å². The lowest BCUT2D eigenvalue weighted by Gasteiger charge is -2.10. The third-order valence-corrected chi connectivity index (χ3v) is 3.32. The molecule has 0 aliphatic carbocycles. The van der Waals surface area contributed by atoms with Crippen molar-refractivity contribution in [1.82, 2.24) is 15.0 Å². The second-order valence-corrected chi connectivity index (χ2v) is 4.85. The van der Waals surface area contributed by atoms with Gasteiger partial charge in [0.05, 0.1) is 11.2 Å². The molecule has 0 aliphatic heterocycles. The first kappa shape index (κ1) is 13.8. The van der Waals surface area contributed by atoms with Crippen LogP contribution in [0.1, 0.15) is 0 Å². The van der Waals surface area contributed by atoms with Crippen molar-refractivity contribution in [3.63, 3.8) is 0 Å². The summed E-state index contributed by atoms with van der Waals surface area (Å²) >= 11 is 12.2. The highest BCUT2D eigenvalue weighted by molar-refractivity contribution is 6.35. The van der Waals surface area contributed by atoms with E-state index in [0.29, 0.717) is 16.3 Å². The van der Waals surface area contributed by atoms with E-state index in [1.54, 1.807) is 24.4 Å². The summed E-state index contributed by atoms with van der Waals surface area (Å²) in [7, 11) is 0. The molecule has 6 nitrogen and oxygen atoms in total. The molecule has 3 aromatic rings. The van der Waals surface area contributed by atoms with Crippen LogP contribution in [0.2, 0.25) is 10.0 Å². The van der Waals surface area contributed by atoms with E-state index in [9.17, 15) is 0 Å². The van der Waals surface area contributed by atoms with Crippen molar-refractivity contribution >= 4 is 40.1 Å². The Hall–Kier alpha value is -2.15. The first-order chi connectivity index (χ1) is 10.2. The summed E-state index contributed by atoms with van der Waals surface area (Å²) in [4.78, 5) is 12.2. The highest BCUT2D eigenvalue weighted by Gasteiger charge is 2.12. The Morgan fingerprint density at radius 3 is 2.76 bits per heavy atom. The standard InChI is InChI=1S/C13H9Cl2N5O/c14-8-3-4-10(11-7(8)2-1-5-17-11)21-12-9(15)6-18-13(19-12)20-16/h1-6H,16H2,(H,18,19,20). The quantitative estimate of drug-likeness (QED) is 0.568. The number of rotatable bonds is 3. The lowest BCUT2D eigenvalue weighted by atomic mass is 10.2. The highest BCUT2D eigenvalue weighted by atomic mass is 35.5. The Morgan fingerprint density at radius 2 is 1.95 bits per heavy atom. The number of anilines is 1. The van der Waals surface area contributed by atoms with Crippen molar-refractivity contribution in [3.05, 3.63) is 46.7 Å². The summed E-state index contributed by atoms with van der Waals surface area (Å²) in [6.07, 6.45) is 3.05. The van der Waals surface area contributed by atoms with Crippen LogP contribution in [0.25, 0.3) is 10.9 Å². The number of nitrogens with two attached hydrogens (primary N) is 1. The van der Waals surface area contributed by atoms with Crippen LogP contribution in [-0.4, -0.2) is 15.0 Å². The van der Waals surface area contributed by atoms with Gasteiger partial charge in [0.2, 0.25) is 11.8 Å². The SMILES string of the molecule is NNc1ncc(Cl)c(Oc2ccc(Cl)c3cccnc23)n1. The Morgan fingerprint density at radius 1 is 1.10 bits per heavy atom. The van der Waals surface area contributed by atoms with E-state index in [-0.39, 0.29) is 16.9 Å². The number of benzene rings is 1. The molecule has 0 spiro atoms. The lowest BCUT2D eigenvalue weighted by Crippen LogP contribution is -2.10. The topological polar surface area (TPSA) is 86.0 Å². The van der Waals surface area contributed by atoms with Crippen molar-refractivity contribution < 1.29 is 4.74 Å². The molecular weight excluding hydrogens is 313 g/mol. The smallest absolute Gasteiger partial charge is 0.243 e. The van der Waals surface area contributed by atoms with E-state index >= 15 is 0 Å². The van der Waals surface area contributed by atoms with Crippen LogP contribution in [0.3, 0.4) is 0 Å². The first-order valence-electron chi connectivity index (χ1n) is 5.89. The molecule has 21 heavy (non-hydrogen) atoms. The fourth-order valence-electron chi connectivity index (χ4n) is 1.79. The maximum Gasteiger partial charge on any atom is 0.243 e. The number of halogens is 2. The molecule has 2 heterocycles. The summed E-state index contributed by atoms with van der Waals surface area (Å²) in [6, 6.07) is 7.07. The number of hydrogen-bond acceptors (Lipinski definition) is 6. The predicted molar refractivity (Wildman–Crippen MR) is 81.7 cm³/mol. The number of nitrogens with zero attached hydrogens (tertiary/aromatic N) is 3. The number of fused-ring (bicyclic) bond motifs is 1. The van der Waals surface area contributed by atoms with Crippen LogP contribution in [0, 0.1) is 0 Å². The van der Waals surface area contributed by atoms with Crippen LogP contribution in [0.4, 0.5) is 5.95 Å². The molecule has 0 amide bonds. The van der Waals surface area contributed by atoms with E-state index in [1.165, 1.54) is 6.20 Å². The fourth-order valence-corrected chi connectivity index (χ4v) is 2.14. The molecule has 0 aliphatic rings. The van der Waals surface area contributed by atoms with Gasteiger partial charge in [-0.25, -0.2) is 10.8 Å². The van der Waals surface area contributed by atoms with Gasteiger partial charge in [0, 0.05) is 11.6 Å². The van der Waals surface area contributed by atoms with Gasteiger partial charge in [-0.2, -0.15) is 4.98 Å². The molecule has 0 bridgehead atoms. The lowest BCUT2D eigenvalue weighted by molar-refractivity contribution is 0.467. The second-order valence-electron chi connectivity index (χ2n) is 4.04. The molecule has 0 saturated heterocycles. The molecule has 2 aromatic heterocycles. The van der Waals surface area contributed by atoms with Gasteiger partial charge < -0.3 is 4.74 Å². The minimum atomic E-state index is 0.175. The Kier molecular flexibility index (Phi) is 3.74. The van der Waals surface area contributed by atoms with E-state index in [2.05, 4.69) is 20.4 Å². The number of nitrogen functional groups attached to an aromatic ring is 1. The van der Waals surface area contributed by atoms with E-state index in [4.69, 9.17) is 33.8 Å². The Balaban J connectivity index is 2.08. The van der Waals surface area contributed by atoms with Crippen molar-refractivity contribution in [1.29, 1.82) is 0 Å². The summed E-state index contributed by atoms with van der Waals surface area (Å²) in [5.74, 6) is 6.12. The van der Waals surface area contributed by atoms with E-state index < -0.39 is 0 Å². The highest BCUT2D eigenvalue weighted by Crippen LogP contribution is 2.34. The van der Waals surface area contributed by atoms with E-state index in [0.717, 1.165) is 5.39 Å². The zero-order chi connectivity index (χ0) is 14.8. The average molecular weight is 322 g/mol. The van der Waals surface area contributed by atoms with Crippen molar-refractivity contribution in [2.24, 2.45) is 5.84 Å². The average Bonchev–Trinajstić information content (AvgIpc) is 2.52. The number of nitrogens with one attached hydrogen (secondary N) is 1. The zero-order valence-corrected chi connectivity index (χ0v) is 12.1. The summed E-state index contributed by atoms with van der Waals surface area (Å²) < 4.78 is 5.72. The van der Waals surface area contributed by atoms with Gasteiger partial charge in [-0.05, 0) is 24.3 Å². The largest absolute Gasteiger partial charge is 0.435 e. The number of ether oxygens (including phenoxy) is 1. The monoisotopic (exact) mass is 321 g/mol. The van der Waals surface area contributed by atoms with E-state index in [1.807, 2.05) is 6.07 Å². The molecular formula is C13H9Cl2N5O. The fraction of sp³-hybridized carbons (Fsp3) is 0. The van der Waals surface area contributed by atoms with Crippen LogP contribution in [-0.2, 0) is 0 Å². The Bertz CT molecular complexity index is 812. The number of hydrogen-bond donors (Lipinski definition) is 2. The molecule has 106 valence electrons. The summed E-state index contributed by atoms with van der Waals surface area (Å²) in [5, 5.41) is 1.62. The van der Waals surface area contributed by atoms with Crippen LogP contribution < -0.4 is 16.0 Å². The molecule has 3 N–H and O–H groups in total. The third kappa shape index (κ3) is 2.69. The van der Waals surface area contributed by atoms with Gasteiger partial charge in [0.1, 0.15) is 10.5 Å². The van der Waals surface area contributed by atoms with Gasteiger partial charge in [-0.1, -0.05) is 23.2 Å². The van der Waals surface area contributed by atoms with Gasteiger partial charge in [-0.3, -0.25) is 10.4 Å². The van der Waals surface area contributed by atoms with Crippen LogP contribution in [0.15, 0.2) is 36.7 Å². The molecule has 0 atom stereocenters. The first-order valence-corrected chi connectivity index (χ1v) is 6.65. The molecule has 0 fully saturated rings. The predicted octanol–water partition coefficient (Wildman–Crippen LogP) is 3.41. The normalized spacial score (nSPS) is 10.6. The van der Waals surface area contributed by atoms with Crippen molar-refractivity contribution in [2.45, 2.75) is 0 Å². The van der Waals surface area contributed by atoms with Gasteiger partial charge >= 0.3 is 0 Å². The van der Waals surface area contributed by atoms with Gasteiger partial charge in [0.15, 0.2) is 5.75 Å². The van der Waals surface area contributed by atoms with Gasteiger partial charge in [0.25, 0.3) is 0 Å². The number of hydrazine groups is 1. The zero-order valence-electron chi connectivity index (χ0n) is 10.5. The van der Waals surface area contributed by atoms with Crippen LogP contribution in [0.5, 0.6) is 11.6 Å². The second kappa shape index (κ2) is 5.69. The maximum absolute atomic E-state index is 6.14. The molecule has 0 saturated carbocycles. The number of pyridine rings is 1. The molecule has 0 unspecified atom stereocenters. The maximum atomic E-state index is 6.14. The Labute approximate surface area is 129 Å². The molecule has 1 aromatic carbocycles. The molecule has 8 heteroatoms.